The minimum Gasteiger partial charge on any atom is -0.324 e. The maximum Gasteiger partial charge on any atom is 0.148 e. The molecule has 1 aliphatic carbocycles. The number of hydrogen-bond donors (Lipinski definition) is 1. The average molecular weight is 246 g/mol. The molecule has 2 N–H and O–H groups in total. The second kappa shape index (κ2) is 3.41. The molecular formula is C12H14ClF2N. The highest BCUT2D eigenvalue weighted by Gasteiger charge is 2.53. The maximum absolute atomic E-state index is 13.9. The molecule has 0 bridgehead atoms. The predicted molar refractivity (Wildman–Crippen MR) is 60.5 cm³/mol. The smallest absolute Gasteiger partial charge is 0.148 e. The molecule has 1 nitrogen and oxygen atoms in total. The third kappa shape index (κ3) is 1.54. The summed E-state index contributed by atoms with van der Waals surface area (Å²) in [4.78, 5) is 0. The molecule has 0 aromatic heterocycles. The van der Waals surface area contributed by atoms with Gasteiger partial charge in [0.1, 0.15) is 16.7 Å². The molecule has 1 aromatic rings. The Labute approximate surface area is 98.6 Å². The van der Waals surface area contributed by atoms with Crippen molar-refractivity contribution in [2.45, 2.75) is 37.6 Å². The Hall–Kier alpha value is -0.670. The highest BCUT2D eigenvalue weighted by Crippen LogP contribution is 2.50. The second-order valence-electron chi connectivity index (χ2n) is 5.00. The van der Waals surface area contributed by atoms with E-state index in [1.165, 1.54) is 12.1 Å². The lowest BCUT2D eigenvalue weighted by Gasteiger charge is -2.33. The van der Waals surface area contributed by atoms with Crippen LogP contribution >= 0.6 is 11.6 Å². The van der Waals surface area contributed by atoms with E-state index in [9.17, 15) is 8.78 Å². The van der Waals surface area contributed by atoms with Crippen molar-refractivity contribution < 1.29 is 8.78 Å². The van der Waals surface area contributed by atoms with Crippen molar-refractivity contribution in [3.63, 3.8) is 0 Å². The fourth-order valence-electron chi connectivity index (χ4n) is 2.04. The summed E-state index contributed by atoms with van der Waals surface area (Å²) >= 11 is 5.57. The zero-order valence-electron chi connectivity index (χ0n) is 9.28. The number of halogens is 3. The van der Waals surface area contributed by atoms with Crippen molar-refractivity contribution >= 4 is 11.6 Å². The van der Waals surface area contributed by atoms with Gasteiger partial charge in [0.15, 0.2) is 0 Å². The van der Waals surface area contributed by atoms with Crippen LogP contribution in [0.15, 0.2) is 12.1 Å². The molecule has 1 aliphatic rings. The SMILES string of the molecule is CC(C)(c1ccc(F)c(Cl)c1F)C1(N)CC1. The summed E-state index contributed by atoms with van der Waals surface area (Å²) in [5, 5.41) is -0.449. The van der Waals surface area contributed by atoms with Gasteiger partial charge in [-0.25, -0.2) is 8.78 Å². The number of benzene rings is 1. The van der Waals surface area contributed by atoms with Gasteiger partial charge in [-0.05, 0) is 24.5 Å². The molecule has 1 aromatic carbocycles. The molecule has 0 saturated heterocycles. The normalized spacial score (nSPS) is 18.6. The molecule has 2 rings (SSSR count). The standard InChI is InChI=1S/C12H14ClF2N/c1-11(2,12(16)5-6-12)7-3-4-8(14)9(13)10(7)15/h3-4H,5-6,16H2,1-2H3. The van der Waals surface area contributed by atoms with Crippen molar-refractivity contribution in [1.29, 1.82) is 0 Å². The van der Waals surface area contributed by atoms with E-state index in [4.69, 9.17) is 17.3 Å². The van der Waals surface area contributed by atoms with E-state index in [0.717, 1.165) is 12.8 Å². The van der Waals surface area contributed by atoms with Crippen molar-refractivity contribution in [3.8, 4) is 0 Å². The van der Waals surface area contributed by atoms with Gasteiger partial charge in [-0.2, -0.15) is 0 Å². The highest BCUT2D eigenvalue weighted by molar-refractivity contribution is 6.31. The highest BCUT2D eigenvalue weighted by atomic mass is 35.5. The van der Waals surface area contributed by atoms with Gasteiger partial charge in [0, 0.05) is 11.0 Å². The molecule has 0 spiro atoms. The van der Waals surface area contributed by atoms with E-state index in [1.807, 2.05) is 13.8 Å². The van der Waals surface area contributed by atoms with E-state index >= 15 is 0 Å². The van der Waals surface area contributed by atoms with Crippen LogP contribution in [-0.2, 0) is 5.41 Å². The Balaban J connectivity index is 2.53. The van der Waals surface area contributed by atoms with Crippen LogP contribution in [0.1, 0.15) is 32.3 Å². The van der Waals surface area contributed by atoms with Gasteiger partial charge in [0.25, 0.3) is 0 Å². The van der Waals surface area contributed by atoms with E-state index in [0.29, 0.717) is 5.56 Å². The van der Waals surface area contributed by atoms with Crippen LogP contribution in [0, 0.1) is 11.6 Å². The van der Waals surface area contributed by atoms with Crippen LogP contribution < -0.4 is 5.73 Å². The minimum atomic E-state index is -0.736. The lowest BCUT2D eigenvalue weighted by atomic mass is 9.76. The Morgan fingerprint density at radius 2 is 1.88 bits per heavy atom. The first kappa shape index (κ1) is 11.8. The topological polar surface area (TPSA) is 26.0 Å². The van der Waals surface area contributed by atoms with Crippen molar-refractivity contribution in [2.75, 3.05) is 0 Å². The lowest BCUT2D eigenvalue weighted by Crippen LogP contribution is -2.44. The molecule has 4 heteroatoms. The molecule has 88 valence electrons. The predicted octanol–water partition coefficient (Wildman–Crippen LogP) is 3.39. The summed E-state index contributed by atoms with van der Waals surface area (Å²) in [6.45, 7) is 3.74. The molecule has 0 radical (unpaired) electrons. The first-order valence-corrected chi connectivity index (χ1v) is 5.60. The third-order valence-corrected chi connectivity index (χ3v) is 4.09. The van der Waals surface area contributed by atoms with Crippen LogP contribution in [0.5, 0.6) is 0 Å². The molecular weight excluding hydrogens is 232 g/mol. The summed E-state index contributed by atoms with van der Waals surface area (Å²) in [6, 6.07) is 2.62. The zero-order valence-corrected chi connectivity index (χ0v) is 10.0. The molecule has 0 unspecified atom stereocenters. The number of nitrogens with two attached hydrogens (primary N) is 1. The summed E-state index contributed by atoms with van der Waals surface area (Å²) in [5.74, 6) is -1.43. The fraction of sp³-hybridized carbons (Fsp3) is 0.500. The summed E-state index contributed by atoms with van der Waals surface area (Å²) < 4.78 is 26.9. The summed E-state index contributed by atoms with van der Waals surface area (Å²) in [7, 11) is 0. The molecule has 0 atom stereocenters. The first-order chi connectivity index (χ1) is 7.29. The molecule has 0 amide bonds. The van der Waals surface area contributed by atoms with E-state index < -0.39 is 27.6 Å². The van der Waals surface area contributed by atoms with Gasteiger partial charge < -0.3 is 5.73 Å². The van der Waals surface area contributed by atoms with Gasteiger partial charge in [-0.3, -0.25) is 0 Å². The molecule has 0 aliphatic heterocycles. The zero-order chi connectivity index (χ0) is 12.1. The average Bonchev–Trinajstić information content (AvgIpc) is 2.94. The van der Waals surface area contributed by atoms with Crippen molar-refractivity contribution in [3.05, 3.63) is 34.4 Å². The molecule has 1 fully saturated rings. The van der Waals surface area contributed by atoms with Gasteiger partial charge in [-0.15, -0.1) is 0 Å². The van der Waals surface area contributed by atoms with Crippen LogP contribution in [-0.4, -0.2) is 5.54 Å². The van der Waals surface area contributed by atoms with Gasteiger partial charge >= 0.3 is 0 Å². The van der Waals surface area contributed by atoms with Gasteiger partial charge in [0.2, 0.25) is 0 Å². The van der Waals surface area contributed by atoms with E-state index in [2.05, 4.69) is 0 Å². The Morgan fingerprint density at radius 1 is 1.31 bits per heavy atom. The van der Waals surface area contributed by atoms with Crippen LogP contribution in [0.25, 0.3) is 0 Å². The maximum atomic E-state index is 13.9. The second-order valence-corrected chi connectivity index (χ2v) is 5.38. The van der Waals surface area contributed by atoms with Crippen molar-refractivity contribution in [2.24, 2.45) is 5.73 Å². The van der Waals surface area contributed by atoms with Gasteiger partial charge in [0.05, 0.1) is 0 Å². The van der Waals surface area contributed by atoms with Crippen LogP contribution in [0.2, 0.25) is 5.02 Å². The number of hydrogen-bond acceptors (Lipinski definition) is 1. The number of rotatable bonds is 2. The molecule has 0 heterocycles. The molecule has 16 heavy (non-hydrogen) atoms. The summed E-state index contributed by atoms with van der Waals surface area (Å²) in [5.41, 5.74) is 5.57. The lowest BCUT2D eigenvalue weighted by molar-refractivity contribution is 0.373. The first-order valence-electron chi connectivity index (χ1n) is 5.22. The van der Waals surface area contributed by atoms with Crippen molar-refractivity contribution in [1.82, 2.24) is 0 Å². The minimum absolute atomic E-state index is 0.388. The Bertz CT molecular complexity index is 439. The van der Waals surface area contributed by atoms with E-state index in [-0.39, 0.29) is 0 Å². The van der Waals surface area contributed by atoms with Gasteiger partial charge in [-0.1, -0.05) is 31.5 Å². The third-order valence-electron chi connectivity index (χ3n) is 3.74. The fourth-order valence-corrected chi connectivity index (χ4v) is 2.20. The largest absolute Gasteiger partial charge is 0.324 e. The molecule has 1 saturated carbocycles. The summed E-state index contributed by atoms with van der Waals surface area (Å²) in [6.07, 6.45) is 1.71. The van der Waals surface area contributed by atoms with Crippen LogP contribution in [0.3, 0.4) is 0 Å². The Morgan fingerprint density at radius 3 is 2.38 bits per heavy atom. The Kier molecular flexibility index (Phi) is 2.52. The quantitative estimate of drug-likeness (QED) is 0.795. The van der Waals surface area contributed by atoms with E-state index in [1.54, 1.807) is 0 Å². The van der Waals surface area contributed by atoms with Crippen LogP contribution in [0.4, 0.5) is 8.78 Å². The monoisotopic (exact) mass is 245 g/mol.